The second-order valence-corrected chi connectivity index (χ2v) is 8.83. The van der Waals surface area contributed by atoms with E-state index in [-0.39, 0.29) is 24.4 Å². The quantitative estimate of drug-likeness (QED) is 0.523. The minimum absolute atomic E-state index is 0.0129. The van der Waals surface area contributed by atoms with Crippen molar-refractivity contribution in [2.45, 2.75) is 38.9 Å². The third-order valence-electron chi connectivity index (χ3n) is 5.43. The summed E-state index contributed by atoms with van der Waals surface area (Å²) in [5.74, 6) is -0.0548. The van der Waals surface area contributed by atoms with Gasteiger partial charge in [-0.25, -0.2) is 0 Å². The van der Waals surface area contributed by atoms with Gasteiger partial charge in [0, 0.05) is 23.0 Å². The van der Waals surface area contributed by atoms with Gasteiger partial charge >= 0.3 is 0 Å². The minimum Gasteiger partial charge on any atom is -0.332 e. The Balaban J connectivity index is 1.53. The van der Waals surface area contributed by atoms with Crippen LogP contribution < -0.4 is 0 Å². The second-order valence-electron chi connectivity index (χ2n) is 7.79. The number of rotatable bonds is 8. The van der Waals surface area contributed by atoms with Gasteiger partial charge in [0.1, 0.15) is 6.54 Å². The molecule has 1 aliphatic carbocycles. The number of hydrogen-bond donors (Lipinski definition) is 0. The fourth-order valence-electron chi connectivity index (χ4n) is 3.59. The number of carbonyl (C=O) groups is 2. The Labute approximate surface area is 181 Å². The molecule has 3 aromatic rings. The van der Waals surface area contributed by atoms with E-state index < -0.39 is 0 Å². The molecule has 30 heavy (non-hydrogen) atoms. The van der Waals surface area contributed by atoms with Crippen molar-refractivity contribution >= 4 is 23.2 Å². The van der Waals surface area contributed by atoms with Crippen molar-refractivity contribution in [2.24, 2.45) is 0 Å². The average molecular weight is 419 g/mol. The second kappa shape index (κ2) is 9.26. The van der Waals surface area contributed by atoms with Crippen LogP contribution in [0.25, 0.3) is 0 Å². The summed E-state index contributed by atoms with van der Waals surface area (Å²) in [5, 5.41) is 2.03. The van der Waals surface area contributed by atoms with Crippen molar-refractivity contribution in [1.82, 2.24) is 9.80 Å². The van der Waals surface area contributed by atoms with Gasteiger partial charge in [-0.15, -0.1) is 11.3 Å². The van der Waals surface area contributed by atoms with E-state index in [1.54, 1.807) is 16.2 Å². The van der Waals surface area contributed by atoms with Crippen LogP contribution in [0.3, 0.4) is 0 Å². The van der Waals surface area contributed by atoms with E-state index >= 15 is 0 Å². The van der Waals surface area contributed by atoms with E-state index in [4.69, 9.17) is 0 Å². The normalized spacial score (nSPS) is 13.1. The molecule has 1 aromatic heterocycles. The van der Waals surface area contributed by atoms with E-state index in [1.165, 1.54) is 0 Å². The van der Waals surface area contributed by atoms with E-state index in [9.17, 15) is 9.59 Å². The van der Waals surface area contributed by atoms with E-state index in [1.807, 2.05) is 83.9 Å². The highest BCUT2D eigenvalue weighted by Crippen LogP contribution is 2.29. The summed E-state index contributed by atoms with van der Waals surface area (Å²) < 4.78 is 0. The van der Waals surface area contributed by atoms with Gasteiger partial charge in [-0.2, -0.15) is 0 Å². The van der Waals surface area contributed by atoms with Crippen LogP contribution in [0.15, 0.2) is 72.1 Å². The van der Waals surface area contributed by atoms with E-state index in [2.05, 4.69) is 0 Å². The lowest BCUT2D eigenvalue weighted by Gasteiger charge is -2.28. The highest BCUT2D eigenvalue weighted by molar-refractivity contribution is 7.09. The standard InChI is InChI=1S/C25H26N2O2S/c1-19-8-5-6-12-23(19)25(29)27(21-13-14-21)18-24(28)26(17-22-11-7-15-30-22)16-20-9-3-2-4-10-20/h2-12,15,21H,13-14,16-18H2,1H3. The summed E-state index contributed by atoms with van der Waals surface area (Å²) in [6.07, 6.45) is 1.93. The monoisotopic (exact) mass is 418 g/mol. The zero-order valence-electron chi connectivity index (χ0n) is 17.2. The molecule has 1 aliphatic rings. The molecule has 2 amide bonds. The Kier molecular flexibility index (Phi) is 6.29. The maximum absolute atomic E-state index is 13.4. The van der Waals surface area contributed by atoms with Gasteiger partial charge in [-0.05, 0) is 48.4 Å². The van der Waals surface area contributed by atoms with Crippen LogP contribution in [-0.2, 0) is 17.9 Å². The fourth-order valence-corrected chi connectivity index (χ4v) is 4.31. The molecule has 4 nitrogen and oxygen atoms in total. The third kappa shape index (κ3) is 4.97. The van der Waals surface area contributed by atoms with Gasteiger partial charge in [0.25, 0.3) is 5.91 Å². The molecule has 0 unspecified atom stereocenters. The number of amides is 2. The molecule has 1 fully saturated rings. The molecule has 4 rings (SSSR count). The number of hydrogen-bond acceptors (Lipinski definition) is 3. The minimum atomic E-state index is -0.0419. The maximum atomic E-state index is 13.4. The molecular weight excluding hydrogens is 392 g/mol. The summed E-state index contributed by atoms with van der Waals surface area (Å²) in [6.45, 7) is 3.16. The summed E-state index contributed by atoms with van der Waals surface area (Å²) in [6, 6.07) is 21.8. The molecule has 0 N–H and O–H groups in total. The summed E-state index contributed by atoms with van der Waals surface area (Å²) in [7, 11) is 0. The van der Waals surface area contributed by atoms with Gasteiger partial charge in [0.2, 0.25) is 5.91 Å². The first kappa shape index (κ1) is 20.4. The van der Waals surface area contributed by atoms with E-state index in [0.29, 0.717) is 18.7 Å². The Morgan fingerprint density at radius 2 is 1.67 bits per heavy atom. The van der Waals surface area contributed by atoms with Gasteiger partial charge in [0.15, 0.2) is 0 Å². The summed E-state index contributed by atoms with van der Waals surface area (Å²) in [5.41, 5.74) is 2.72. The molecule has 1 heterocycles. The van der Waals surface area contributed by atoms with Crippen LogP contribution in [0, 0.1) is 6.92 Å². The Bertz CT molecular complexity index is 997. The van der Waals surface area contributed by atoms with Crippen molar-refractivity contribution < 1.29 is 9.59 Å². The number of aryl methyl sites for hydroxylation is 1. The maximum Gasteiger partial charge on any atom is 0.254 e. The molecule has 0 bridgehead atoms. The Morgan fingerprint density at radius 3 is 2.33 bits per heavy atom. The summed E-state index contributed by atoms with van der Waals surface area (Å²) >= 11 is 1.65. The number of benzene rings is 2. The Hall–Kier alpha value is -2.92. The highest BCUT2D eigenvalue weighted by Gasteiger charge is 2.35. The number of carbonyl (C=O) groups excluding carboxylic acids is 2. The smallest absolute Gasteiger partial charge is 0.254 e. The van der Waals surface area contributed by atoms with Crippen molar-refractivity contribution in [3.63, 3.8) is 0 Å². The lowest BCUT2D eigenvalue weighted by Crippen LogP contribution is -2.43. The first-order valence-electron chi connectivity index (χ1n) is 10.3. The topological polar surface area (TPSA) is 40.6 Å². The predicted octanol–water partition coefficient (Wildman–Crippen LogP) is 4.89. The molecule has 154 valence electrons. The molecule has 2 aromatic carbocycles. The van der Waals surface area contributed by atoms with Gasteiger partial charge in [-0.3, -0.25) is 9.59 Å². The highest BCUT2D eigenvalue weighted by atomic mass is 32.1. The molecule has 0 radical (unpaired) electrons. The lowest BCUT2D eigenvalue weighted by atomic mass is 10.1. The van der Waals surface area contributed by atoms with Crippen LogP contribution in [0.2, 0.25) is 0 Å². The van der Waals surface area contributed by atoms with Crippen molar-refractivity contribution in [1.29, 1.82) is 0 Å². The first-order valence-corrected chi connectivity index (χ1v) is 11.2. The van der Waals surface area contributed by atoms with Gasteiger partial charge in [-0.1, -0.05) is 54.6 Å². The van der Waals surface area contributed by atoms with Crippen LogP contribution in [0.1, 0.15) is 39.2 Å². The van der Waals surface area contributed by atoms with Crippen LogP contribution in [0.4, 0.5) is 0 Å². The molecule has 0 spiro atoms. The van der Waals surface area contributed by atoms with Crippen molar-refractivity contribution in [3.05, 3.63) is 93.7 Å². The largest absolute Gasteiger partial charge is 0.332 e. The predicted molar refractivity (Wildman–Crippen MR) is 120 cm³/mol. The fraction of sp³-hybridized carbons (Fsp3) is 0.280. The van der Waals surface area contributed by atoms with Crippen molar-refractivity contribution in [2.75, 3.05) is 6.54 Å². The van der Waals surface area contributed by atoms with Gasteiger partial charge < -0.3 is 9.80 Å². The summed E-state index contributed by atoms with van der Waals surface area (Å²) in [4.78, 5) is 31.4. The number of thiophene rings is 1. The average Bonchev–Trinajstić information content (AvgIpc) is 3.47. The van der Waals surface area contributed by atoms with Crippen LogP contribution in [-0.4, -0.2) is 34.2 Å². The molecule has 0 atom stereocenters. The molecule has 5 heteroatoms. The van der Waals surface area contributed by atoms with Crippen LogP contribution >= 0.6 is 11.3 Å². The third-order valence-corrected chi connectivity index (χ3v) is 6.29. The first-order chi connectivity index (χ1) is 14.6. The van der Waals surface area contributed by atoms with Gasteiger partial charge in [0.05, 0.1) is 6.54 Å². The lowest BCUT2D eigenvalue weighted by molar-refractivity contribution is -0.133. The molecule has 0 aliphatic heterocycles. The molecule has 0 saturated heterocycles. The molecular formula is C25H26N2O2S. The van der Waals surface area contributed by atoms with E-state index in [0.717, 1.165) is 28.8 Å². The Morgan fingerprint density at radius 1 is 0.933 bits per heavy atom. The van der Waals surface area contributed by atoms with Crippen molar-refractivity contribution in [3.8, 4) is 0 Å². The number of nitrogens with zero attached hydrogens (tertiary/aromatic N) is 2. The SMILES string of the molecule is Cc1ccccc1C(=O)N(CC(=O)N(Cc1ccccc1)Cc1cccs1)C1CC1. The zero-order chi connectivity index (χ0) is 20.9. The zero-order valence-corrected chi connectivity index (χ0v) is 18.0. The molecule has 1 saturated carbocycles. The van der Waals surface area contributed by atoms with Crippen LogP contribution in [0.5, 0.6) is 0 Å².